The van der Waals surface area contributed by atoms with E-state index in [4.69, 9.17) is 0 Å². The maximum atomic E-state index is 12.0. The van der Waals surface area contributed by atoms with Gasteiger partial charge in [0.1, 0.15) is 6.54 Å². The smallest absolute Gasteiger partial charge is 0.195 e. The molecule has 4 nitrogen and oxygen atoms in total. The number of rotatable bonds is 6. The molecule has 1 N–H and O–H groups in total. The number of thioether (sulfide) groups is 1. The first-order valence-corrected chi connectivity index (χ1v) is 8.55. The second kappa shape index (κ2) is 6.64. The van der Waals surface area contributed by atoms with Crippen molar-refractivity contribution in [1.29, 1.82) is 0 Å². The SMILES string of the molecule is CCS[C@H]1CC[C@H](N(C)S(=O)(=O)NCC(F)(F)F)C1. The van der Waals surface area contributed by atoms with Crippen molar-refractivity contribution in [3.8, 4) is 0 Å². The van der Waals surface area contributed by atoms with E-state index in [1.54, 1.807) is 16.5 Å². The molecule has 1 saturated carbocycles. The van der Waals surface area contributed by atoms with Crippen molar-refractivity contribution in [2.24, 2.45) is 0 Å². The first-order chi connectivity index (χ1) is 8.65. The zero-order valence-electron chi connectivity index (χ0n) is 10.9. The maximum absolute atomic E-state index is 12.0. The van der Waals surface area contributed by atoms with Crippen LogP contribution in [0.25, 0.3) is 0 Å². The summed E-state index contributed by atoms with van der Waals surface area (Å²) in [7, 11) is -2.73. The van der Waals surface area contributed by atoms with E-state index in [-0.39, 0.29) is 6.04 Å². The standard InChI is InChI=1S/C10H19F3N2O2S2/c1-3-18-9-5-4-8(6-9)15(2)19(16,17)14-7-10(11,12)13/h8-9,14H,3-7H2,1-2H3/t8-,9-/m0/s1. The van der Waals surface area contributed by atoms with Gasteiger partial charge in [-0.25, -0.2) is 0 Å². The molecule has 1 fully saturated rings. The minimum absolute atomic E-state index is 0.213. The van der Waals surface area contributed by atoms with Crippen LogP contribution < -0.4 is 4.72 Å². The molecule has 2 atom stereocenters. The van der Waals surface area contributed by atoms with E-state index in [0.29, 0.717) is 18.1 Å². The summed E-state index contributed by atoms with van der Waals surface area (Å²) in [6.45, 7) is 0.503. The van der Waals surface area contributed by atoms with Gasteiger partial charge in [0.05, 0.1) is 0 Å². The summed E-state index contributed by atoms with van der Waals surface area (Å²) in [5, 5.41) is 0.398. The molecule has 0 aromatic heterocycles. The van der Waals surface area contributed by atoms with Crippen LogP contribution >= 0.6 is 11.8 Å². The van der Waals surface area contributed by atoms with Crippen LogP contribution in [0, 0.1) is 0 Å². The van der Waals surface area contributed by atoms with Crippen LogP contribution in [0.2, 0.25) is 0 Å². The average Bonchev–Trinajstić information content (AvgIpc) is 2.74. The Bertz CT molecular complexity index is 387. The predicted molar refractivity (Wildman–Crippen MR) is 70.3 cm³/mol. The molecule has 0 aliphatic heterocycles. The topological polar surface area (TPSA) is 49.4 Å². The third-order valence-corrected chi connectivity index (χ3v) is 5.91. The first-order valence-electron chi connectivity index (χ1n) is 6.06. The van der Waals surface area contributed by atoms with Crippen LogP contribution in [0.1, 0.15) is 26.2 Å². The molecule has 0 radical (unpaired) electrons. The molecule has 114 valence electrons. The van der Waals surface area contributed by atoms with Gasteiger partial charge in [0, 0.05) is 18.3 Å². The van der Waals surface area contributed by atoms with Crippen LogP contribution in [0.5, 0.6) is 0 Å². The average molecular weight is 320 g/mol. The van der Waals surface area contributed by atoms with Gasteiger partial charge < -0.3 is 0 Å². The largest absolute Gasteiger partial charge is 0.402 e. The zero-order chi connectivity index (χ0) is 14.7. The van der Waals surface area contributed by atoms with Gasteiger partial charge in [-0.15, -0.1) is 0 Å². The molecule has 0 bridgehead atoms. The lowest BCUT2D eigenvalue weighted by molar-refractivity contribution is -0.121. The van der Waals surface area contributed by atoms with Gasteiger partial charge in [-0.05, 0) is 25.0 Å². The van der Waals surface area contributed by atoms with Crippen LogP contribution in [-0.4, -0.2) is 49.5 Å². The number of halogens is 3. The highest BCUT2D eigenvalue weighted by Gasteiger charge is 2.36. The van der Waals surface area contributed by atoms with Crippen molar-refractivity contribution >= 4 is 22.0 Å². The summed E-state index contributed by atoms with van der Waals surface area (Å²) >= 11 is 1.77. The van der Waals surface area contributed by atoms with Crippen LogP contribution in [0.4, 0.5) is 13.2 Å². The Morgan fingerprint density at radius 1 is 1.37 bits per heavy atom. The molecular weight excluding hydrogens is 301 g/mol. The van der Waals surface area contributed by atoms with Gasteiger partial charge in [-0.2, -0.15) is 42.4 Å². The second-order valence-corrected chi connectivity index (χ2v) is 7.89. The Balaban J connectivity index is 2.54. The van der Waals surface area contributed by atoms with Crippen molar-refractivity contribution < 1.29 is 21.6 Å². The monoisotopic (exact) mass is 320 g/mol. The predicted octanol–water partition coefficient (Wildman–Crippen LogP) is 1.99. The number of alkyl halides is 3. The maximum Gasteiger partial charge on any atom is 0.402 e. The van der Waals surface area contributed by atoms with Crippen molar-refractivity contribution in [2.75, 3.05) is 19.3 Å². The molecule has 0 aromatic carbocycles. The van der Waals surface area contributed by atoms with Gasteiger partial charge >= 0.3 is 6.18 Å². The molecule has 1 aliphatic rings. The molecular formula is C10H19F3N2O2S2. The Morgan fingerprint density at radius 2 is 2.00 bits per heavy atom. The van der Waals surface area contributed by atoms with E-state index in [1.165, 1.54) is 7.05 Å². The lowest BCUT2D eigenvalue weighted by Crippen LogP contribution is -2.46. The van der Waals surface area contributed by atoms with Crippen LogP contribution in [0.15, 0.2) is 0 Å². The summed E-state index contributed by atoms with van der Waals surface area (Å²) in [6, 6.07) is -0.213. The molecule has 1 aliphatic carbocycles. The number of nitrogens with one attached hydrogen (secondary N) is 1. The molecule has 0 saturated heterocycles. The third-order valence-electron chi connectivity index (χ3n) is 3.11. The molecule has 9 heteroatoms. The molecule has 0 amide bonds. The minimum atomic E-state index is -4.54. The summed E-state index contributed by atoms with van der Waals surface area (Å²) in [5.74, 6) is 0.959. The summed E-state index contributed by atoms with van der Waals surface area (Å²) in [5.41, 5.74) is 0. The van der Waals surface area contributed by atoms with Gasteiger partial charge in [0.15, 0.2) is 0 Å². The lowest BCUT2D eigenvalue weighted by Gasteiger charge is -2.24. The zero-order valence-corrected chi connectivity index (χ0v) is 12.5. The number of hydrogen-bond acceptors (Lipinski definition) is 3. The fraction of sp³-hybridized carbons (Fsp3) is 1.00. The highest BCUT2D eigenvalue weighted by Crippen LogP contribution is 2.32. The normalized spacial score (nSPS) is 25.2. The van der Waals surface area contributed by atoms with Crippen molar-refractivity contribution in [3.05, 3.63) is 0 Å². The fourth-order valence-corrected chi connectivity index (χ4v) is 4.37. The molecule has 0 unspecified atom stereocenters. The Morgan fingerprint density at radius 3 is 2.53 bits per heavy atom. The fourth-order valence-electron chi connectivity index (χ4n) is 2.11. The highest BCUT2D eigenvalue weighted by atomic mass is 32.2. The van der Waals surface area contributed by atoms with E-state index in [1.807, 2.05) is 6.92 Å². The quantitative estimate of drug-likeness (QED) is 0.814. The lowest BCUT2D eigenvalue weighted by atomic mass is 10.3. The van der Waals surface area contributed by atoms with Crippen molar-refractivity contribution in [1.82, 2.24) is 9.03 Å². The molecule has 1 rings (SSSR count). The van der Waals surface area contributed by atoms with E-state index < -0.39 is 22.9 Å². The molecule has 19 heavy (non-hydrogen) atoms. The number of nitrogens with zero attached hydrogens (tertiary/aromatic N) is 1. The van der Waals surface area contributed by atoms with Crippen molar-refractivity contribution in [3.63, 3.8) is 0 Å². The second-order valence-electron chi connectivity index (χ2n) is 4.50. The van der Waals surface area contributed by atoms with Crippen molar-refractivity contribution in [2.45, 2.75) is 43.7 Å². The Labute approximate surface area is 116 Å². The van der Waals surface area contributed by atoms with Crippen LogP contribution in [-0.2, 0) is 10.2 Å². The Kier molecular flexibility index (Phi) is 5.96. The first kappa shape index (κ1) is 17.1. The molecule has 0 spiro atoms. The summed E-state index contributed by atoms with van der Waals surface area (Å²) in [6.07, 6.45) is -2.24. The van der Waals surface area contributed by atoms with Gasteiger partial charge in [0.25, 0.3) is 10.2 Å². The van der Waals surface area contributed by atoms with E-state index in [9.17, 15) is 21.6 Å². The van der Waals surface area contributed by atoms with E-state index in [0.717, 1.165) is 16.5 Å². The number of hydrogen-bond donors (Lipinski definition) is 1. The van der Waals surface area contributed by atoms with Crippen LogP contribution in [0.3, 0.4) is 0 Å². The van der Waals surface area contributed by atoms with Gasteiger partial charge in [-0.1, -0.05) is 6.92 Å². The summed E-state index contributed by atoms with van der Waals surface area (Å²) in [4.78, 5) is 0. The summed E-state index contributed by atoms with van der Waals surface area (Å²) < 4.78 is 62.2. The van der Waals surface area contributed by atoms with E-state index >= 15 is 0 Å². The molecule has 0 aromatic rings. The highest BCUT2D eigenvalue weighted by molar-refractivity contribution is 7.99. The third kappa shape index (κ3) is 5.49. The van der Waals surface area contributed by atoms with Gasteiger partial charge in [0.2, 0.25) is 0 Å². The Hall–Kier alpha value is 0.01000. The van der Waals surface area contributed by atoms with E-state index in [2.05, 4.69) is 0 Å². The van der Waals surface area contributed by atoms with Gasteiger partial charge in [-0.3, -0.25) is 0 Å². The molecule has 0 heterocycles. The minimum Gasteiger partial charge on any atom is -0.195 e.